The fraction of sp³-hybridized carbons (Fsp3) is 0.636. The molecule has 0 saturated carbocycles. The van der Waals surface area contributed by atoms with Crippen molar-refractivity contribution in [2.75, 3.05) is 6.61 Å². The first-order valence-corrected chi connectivity index (χ1v) is 13.9. The summed E-state index contributed by atoms with van der Waals surface area (Å²) in [6.07, 6.45) is -1.05. The lowest BCUT2D eigenvalue weighted by Crippen LogP contribution is -2.33. The third-order valence-electron chi connectivity index (χ3n) is 4.15. The number of aryl methyl sites for hydroxylation is 1. The van der Waals surface area contributed by atoms with Crippen LogP contribution in [-0.4, -0.2) is 56.2 Å². The molecule has 0 spiro atoms. The molecule has 178 valence electrons. The molecule has 2 heterocycles. The highest BCUT2D eigenvalue weighted by Crippen LogP contribution is 2.70. The third kappa shape index (κ3) is 6.49. The second-order valence-electron chi connectivity index (χ2n) is 6.73. The minimum atomic E-state index is -5.71. The fourth-order valence-electron chi connectivity index (χ4n) is 2.70. The second-order valence-corrected chi connectivity index (χ2v) is 12.8. The maximum atomic E-state index is 13.5. The molecule has 6 atom stereocenters. The van der Waals surface area contributed by atoms with Gasteiger partial charge in [0.1, 0.15) is 6.23 Å². The molecular formula is C11H18BFN5O11P3. The summed E-state index contributed by atoms with van der Waals surface area (Å²) < 4.78 is 64.0. The van der Waals surface area contributed by atoms with Crippen molar-refractivity contribution in [2.24, 2.45) is 5.11 Å². The second kappa shape index (κ2) is 9.74. The number of azide groups is 1. The van der Waals surface area contributed by atoms with Crippen molar-refractivity contribution in [1.82, 2.24) is 9.55 Å². The highest BCUT2D eigenvalue weighted by molar-refractivity contribution is 7.85. The molecule has 1 aromatic heterocycles. The Morgan fingerprint density at radius 3 is 2.62 bits per heavy atom. The molecule has 1 aromatic rings. The van der Waals surface area contributed by atoms with Gasteiger partial charge in [-0.3, -0.25) is 28.0 Å². The predicted octanol–water partition coefficient (Wildman–Crippen LogP) is 0.202. The van der Waals surface area contributed by atoms with Crippen molar-refractivity contribution in [3.63, 3.8) is 0 Å². The van der Waals surface area contributed by atoms with Crippen LogP contribution >= 0.6 is 22.7 Å². The van der Waals surface area contributed by atoms with Crippen molar-refractivity contribution in [3.05, 3.63) is 43.0 Å². The van der Waals surface area contributed by atoms with Crippen LogP contribution in [0.1, 0.15) is 18.2 Å². The molecular weight excluding hydrogens is 501 g/mol. The van der Waals surface area contributed by atoms with Crippen molar-refractivity contribution in [2.45, 2.75) is 37.4 Å². The largest absolute Gasteiger partial charge is 0.381 e. The monoisotopic (exact) mass is 519 g/mol. The molecule has 1 aliphatic heterocycles. The summed E-state index contributed by atoms with van der Waals surface area (Å²) in [6, 6.07) is -0.978. The molecule has 3 unspecified atom stereocenters. The molecule has 2 rings (SSSR count). The number of aromatic nitrogens is 2. The Bertz CT molecular complexity index is 1180. The zero-order valence-corrected chi connectivity index (χ0v) is 19.1. The van der Waals surface area contributed by atoms with Crippen LogP contribution in [-0.2, 0) is 27.3 Å². The Hall–Kier alpha value is -1.57. The molecule has 1 saturated heterocycles. The molecule has 0 bridgehead atoms. The van der Waals surface area contributed by atoms with Crippen molar-refractivity contribution >= 4 is 30.2 Å². The maximum Gasteiger partial charge on any atom is 0.381 e. The van der Waals surface area contributed by atoms with Gasteiger partial charge >= 0.3 is 20.9 Å². The average molecular weight is 519 g/mol. The lowest BCUT2D eigenvalue weighted by Gasteiger charge is -2.23. The molecule has 0 aromatic carbocycles. The number of rotatable bonds is 9. The molecule has 16 nitrogen and oxygen atoms in total. The van der Waals surface area contributed by atoms with Gasteiger partial charge in [0.05, 0.1) is 18.8 Å². The van der Waals surface area contributed by atoms with Crippen LogP contribution in [0, 0.1) is 6.92 Å². The van der Waals surface area contributed by atoms with Gasteiger partial charge in [-0.15, -0.1) is 0 Å². The van der Waals surface area contributed by atoms with E-state index in [0.29, 0.717) is 7.57 Å². The number of alkyl halides is 1. The van der Waals surface area contributed by atoms with Gasteiger partial charge in [0.2, 0.25) is 0 Å². The summed E-state index contributed by atoms with van der Waals surface area (Å²) in [4.78, 5) is 55.0. The summed E-state index contributed by atoms with van der Waals surface area (Å²) in [5, 5.41) is 3.48. The highest BCUT2D eigenvalue weighted by atomic mass is 31.3. The van der Waals surface area contributed by atoms with E-state index in [9.17, 15) is 32.6 Å². The van der Waals surface area contributed by atoms with Crippen molar-refractivity contribution < 1.29 is 46.3 Å². The van der Waals surface area contributed by atoms with Gasteiger partial charge in [-0.25, -0.2) is 13.5 Å². The first-order valence-electron chi connectivity index (χ1n) is 8.54. The lowest BCUT2D eigenvalue weighted by atomic mass is 10.1. The molecule has 4 N–H and O–H groups in total. The first-order chi connectivity index (χ1) is 14.6. The van der Waals surface area contributed by atoms with Crippen LogP contribution in [0.3, 0.4) is 0 Å². The normalized spacial score (nSPS) is 26.0. The van der Waals surface area contributed by atoms with Crippen molar-refractivity contribution in [3.8, 4) is 0 Å². The van der Waals surface area contributed by atoms with Gasteiger partial charge in [0.15, 0.2) is 0 Å². The molecule has 0 aliphatic carbocycles. The van der Waals surface area contributed by atoms with E-state index in [1.807, 2.05) is 0 Å². The van der Waals surface area contributed by atoms with E-state index in [1.165, 1.54) is 13.1 Å². The number of hydrogen-bond donors (Lipinski definition) is 4. The summed E-state index contributed by atoms with van der Waals surface area (Å²) in [5.74, 6) is 0. The van der Waals surface area contributed by atoms with E-state index in [1.54, 1.807) is 0 Å². The van der Waals surface area contributed by atoms with E-state index in [-0.39, 0.29) is 12.0 Å². The molecule has 1 aliphatic rings. The van der Waals surface area contributed by atoms with Crippen LogP contribution in [0.25, 0.3) is 10.4 Å². The topological polar surface area (TPSA) is 243 Å². The van der Waals surface area contributed by atoms with E-state index in [2.05, 4.69) is 19.3 Å². The lowest BCUT2D eigenvalue weighted by molar-refractivity contribution is -0.0231. The number of aromatic amines is 1. The van der Waals surface area contributed by atoms with Crippen molar-refractivity contribution in [1.29, 1.82) is 0 Å². The number of nitrogens with one attached hydrogen (secondary N) is 1. The standard InChI is InChI=1S/C11H18BFN5O11P3/c1-5-3-18(11(20)15-9(5)19)8-2-6(16-17-14)7(28-8)4-27-32(12,26)29-31(24,25)10(13)30(21,22)23/h3,6-8,10H,2,4,12H2,1H3,(H,24,25)(H,15,19,20)(H2,21,22,23)/t6-,7-,8-,10?,32?/m1/s1. The van der Waals surface area contributed by atoms with Gasteiger partial charge < -0.3 is 23.9 Å². The summed E-state index contributed by atoms with van der Waals surface area (Å²) in [5.41, 5.74) is 3.84. The summed E-state index contributed by atoms with van der Waals surface area (Å²) >= 11 is 0. The SMILES string of the molecule is BP(=O)(OC[C@H]1O[C@@H](n2cc(C)c(=O)[nH]c2=O)C[C@H]1N=[N+]=[N-])OP(=O)(O)C(F)P(=O)(O)O. The van der Waals surface area contributed by atoms with Gasteiger partial charge in [-0.1, -0.05) is 5.11 Å². The van der Waals surface area contributed by atoms with Crippen LogP contribution in [0.15, 0.2) is 20.9 Å². The predicted molar refractivity (Wildman–Crippen MR) is 107 cm³/mol. The fourth-order valence-corrected chi connectivity index (χ4v) is 7.22. The first kappa shape index (κ1) is 26.7. The summed E-state index contributed by atoms with van der Waals surface area (Å²) in [6.45, 7) is 0.737. The average Bonchev–Trinajstić information content (AvgIpc) is 3.04. The zero-order chi connectivity index (χ0) is 24.5. The van der Waals surface area contributed by atoms with Gasteiger partial charge in [-0.2, -0.15) is 0 Å². The minimum Gasteiger partial charge on any atom is -0.352 e. The molecule has 21 heteroatoms. The Labute approximate surface area is 178 Å². The van der Waals surface area contributed by atoms with E-state index < -0.39 is 64.5 Å². The maximum absolute atomic E-state index is 13.5. The number of H-pyrrole nitrogens is 1. The van der Waals surface area contributed by atoms with Crippen LogP contribution in [0.2, 0.25) is 0 Å². The van der Waals surface area contributed by atoms with Crippen LogP contribution in [0.4, 0.5) is 4.39 Å². The molecule has 0 amide bonds. The van der Waals surface area contributed by atoms with E-state index >= 15 is 0 Å². The Morgan fingerprint density at radius 1 is 1.44 bits per heavy atom. The van der Waals surface area contributed by atoms with E-state index in [0.717, 1.165) is 4.57 Å². The van der Waals surface area contributed by atoms with Crippen LogP contribution in [0.5, 0.6) is 0 Å². The minimum absolute atomic E-state index is 0.0679. The Balaban J connectivity index is 2.16. The quantitative estimate of drug-likeness (QED) is 0.113. The third-order valence-corrected chi connectivity index (χ3v) is 9.76. The van der Waals surface area contributed by atoms with Gasteiger partial charge in [-0.05, 0) is 12.5 Å². The molecule has 32 heavy (non-hydrogen) atoms. The smallest absolute Gasteiger partial charge is 0.352 e. The Kier molecular flexibility index (Phi) is 8.12. The molecule has 0 radical (unpaired) electrons. The van der Waals surface area contributed by atoms with Gasteiger partial charge in [0, 0.05) is 23.1 Å². The van der Waals surface area contributed by atoms with E-state index in [4.69, 9.17) is 24.6 Å². The number of halogens is 1. The highest BCUT2D eigenvalue weighted by Gasteiger charge is 2.49. The zero-order valence-electron chi connectivity index (χ0n) is 16.4. The number of nitrogens with zero attached hydrogens (tertiary/aromatic N) is 4. The summed E-state index contributed by atoms with van der Waals surface area (Å²) in [7, 11) is -15.3. The van der Waals surface area contributed by atoms with Crippen LogP contribution < -0.4 is 11.2 Å². The Morgan fingerprint density at radius 2 is 2.06 bits per heavy atom. The number of ether oxygens (including phenoxy) is 1. The van der Waals surface area contributed by atoms with Gasteiger partial charge in [0.25, 0.3) is 26.3 Å². The number of hydrogen-bond acceptors (Lipinski definition) is 9. The molecule has 1 fully saturated rings.